The maximum absolute atomic E-state index is 12.0. The summed E-state index contributed by atoms with van der Waals surface area (Å²) in [5.74, 6) is -0.00107. The van der Waals surface area contributed by atoms with E-state index in [1.807, 2.05) is 6.07 Å². The second-order valence-corrected chi connectivity index (χ2v) is 6.83. The molecular weight excluding hydrogens is 306 g/mol. The van der Waals surface area contributed by atoms with E-state index in [4.69, 9.17) is 16.7 Å². The Morgan fingerprint density at radius 3 is 2.89 bits per heavy atom. The second-order valence-electron chi connectivity index (χ2n) is 3.94. The summed E-state index contributed by atoms with van der Waals surface area (Å²) in [5.41, 5.74) is 0. The molecule has 1 fully saturated rings. The fraction of sp³-hybridized carbons (Fsp3) is 0.333. The van der Waals surface area contributed by atoms with Crippen molar-refractivity contribution in [2.24, 2.45) is 0 Å². The number of carbonyl (C=O) groups is 2. The molecule has 1 aromatic heterocycles. The topological polar surface area (TPSA) is 57.6 Å². The summed E-state index contributed by atoms with van der Waals surface area (Å²) < 4.78 is 0.657. The first kappa shape index (κ1) is 14.4. The van der Waals surface area contributed by atoms with Crippen molar-refractivity contribution in [2.45, 2.75) is 6.04 Å². The quantitative estimate of drug-likeness (QED) is 0.870. The fourth-order valence-electron chi connectivity index (χ4n) is 1.74. The van der Waals surface area contributed by atoms with Crippen molar-refractivity contribution in [2.75, 3.05) is 18.1 Å². The monoisotopic (exact) mass is 317 g/mol. The van der Waals surface area contributed by atoms with Gasteiger partial charge in [0.25, 0.3) is 0 Å². The molecule has 1 aromatic rings. The number of hydrogen-bond donors (Lipinski definition) is 1. The van der Waals surface area contributed by atoms with Gasteiger partial charge in [0.05, 0.1) is 4.34 Å². The molecule has 0 aromatic carbocycles. The van der Waals surface area contributed by atoms with E-state index >= 15 is 0 Å². The molecule has 0 bridgehead atoms. The molecule has 1 atom stereocenters. The molecule has 0 aliphatic carbocycles. The van der Waals surface area contributed by atoms with E-state index in [0.29, 0.717) is 16.6 Å². The highest BCUT2D eigenvalue weighted by molar-refractivity contribution is 7.99. The van der Waals surface area contributed by atoms with Crippen LogP contribution in [0.15, 0.2) is 18.2 Å². The lowest BCUT2D eigenvalue weighted by Crippen LogP contribution is -2.49. The second kappa shape index (κ2) is 6.45. The van der Waals surface area contributed by atoms with Crippen LogP contribution in [-0.2, 0) is 9.59 Å². The minimum atomic E-state index is -0.951. The highest BCUT2D eigenvalue weighted by atomic mass is 35.5. The Morgan fingerprint density at radius 1 is 1.47 bits per heavy atom. The number of rotatable bonds is 3. The Labute approximate surface area is 124 Å². The van der Waals surface area contributed by atoms with E-state index in [1.54, 1.807) is 23.9 Å². The number of carbonyl (C=O) groups excluding carboxylic acids is 1. The van der Waals surface area contributed by atoms with Crippen LogP contribution in [0.5, 0.6) is 0 Å². The van der Waals surface area contributed by atoms with Gasteiger partial charge >= 0.3 is 5.97 Å². The Bertz CT molecular complexity index is 515. The SMILES string of the molecule is O=C(O)C1CSCCN1C(=O)/C=C/c1ccc(Cl)s1. The molecule has 1 N–H and O–H groups in total. The Morgan fingerprint density at radius 2 is 2.26 bits per heavy atom. The highest BCUT2D eigenvalue weighted by Gasteiger charge is 2.31. The Balaban J connectivity index is 2.05. The number of thiophene rings is 1. The van der Waals surface area contributed by atoms with Crippen molar-refractivity contribution in [1.29, 1.82) is 0 Å². The predicted molar refractivity (Wildman–Crippen MR) is 78.8 cm³/mol. The largest absolute Gasteiger partial charge is 0.480 e. The van der Waals surface area contributed by atoms with E-state index in [9.17, 15) is 9.59 Å². The van der Waals surface area contributed by atoms with E-state index in [0.717, 1.165) is 10.6 Å². The molecule has 1 unspecified atom stereocenters. The van der Waals surface area contributed by atoms with E-state index in [1.165, 1.54) is 22.3 Å². The molecule has 1 amide bonds. The molecule has 19 heavy (non-hydrogen) atoms. The lowest BCUT2D eigenvalue weighted by Gasteiger charge is -2.31. The number of carboxylic acid groups (broad SMARTS) is 1. The number of aliphatic carboxylic acids is 1. The van der Waals surface area contributed by atoms with Crippen LogP contribution in [0.4, 0.5) is 0 Å². The number of thioether (sulfide) groups is 1. The number of hydrogen-bond acceptors (Lipinski definition) is 4. The third-order valence-corrected chi connectivity index (χ3v) is 4.90. The molecule has 7 heteroatoms. The Kier molecular flexibility index (Phi) is 4.90. The van der Waals surface area contributed by atoms with Crippen LogP contribution >= 0.6 is 34.7 Å². The highest BCUT2D eigenvalue weighted by Crippen LogP contribution is 2.23. The minimum absolute atomic E-state index is 0.266. The lowest BCUT2D eigenvalue weighted by atomic mass is 10.2. The summed E-state index contributed by atoms with van der Waals surface area (Å²) in [6.45, 7) is 0.468. The molecule has 0 spiro atoms. The maximum atomic E-state index is 12.0. The Hall–Kier alpha value is -0.980. The van der Waals surface area contributed by atoms with Crippen LogP contribution in [0, 0.1) is 0 Å². The van der Waals surface area contributed by atoms with Crippen LogP contribution < -0.4 is 0 Å². The molecule has 1 aliphatic rings. The number of carboxylic acids is 1. The van der Waals surface area contributed by atoms with E-state index < -0.39 is 12.0 Å². The third-order valence-electron chi connectivity index (χ3n) is 2.68. The van der Waals surface area contributed by atoms with Gasteiger partial charge in [0.2, 0.25) is 5.91 Å². The van der Waals surface area contributed by atoms with Crippen LogP contribution in [0.25, 0.3) is 6.08 Å². The van der Waals surface area contributed by atoms with Gasteiger partial charge in [-0.15, -0.1) is 11.3 Å². The first-order valence-electron chi connectivity index (χ1n) is 5.62. The van der Waals surface area contributed by atoms with Crippen molar-refractivity contribution in [3.8, 4) is 0 Å². The van der Waals surface area contributed by atoms with Crippen LogP contribution in [0.1, 0.15) is 4.88 Å². The van der Waals surface area contributed by atoms with E-state index in [2.05, 4.69) is 0 Å². The minimum Gasteiger partial charge on any atom is -0.480 e. The molecule has 1 saturated heterocycles. The summed E-state index contributed by atoms with van der Waals surface area (Å²) in [6, 6.07) is 2.84. The first-order valence-corrected chi connectivity index (χ1v) is 7.97. The van der Waals surface area contributed by atoms with Crippen molar-refractivity contribution >= 4 is 52.7 Å². The maximum Gasteiger partial charge on any atom is 0.327 e. The van der Waals surface area contributed by atoms with Gasteiger partial charge in [-0.3, -0.25) is 4.79 Å². The van der Waals surface area contributed by atoms with Gasteiger partial charge in [-0.25, -0.2) is 4.79 Å². The average molecular weight is 318 g/mol. The normalized spacial score (nSPS) is 19.8. The van der Waals surface area contributed by atoms with E-state index in [-0.39, 0.29) is 5.91 Å². The molecule has 4 nitrogen and oxygen atoms in total. The molecule has 1 aliphatic heterocycles. The number of nitrogens with zero attached hydrogens (tertiary/aromatic N) is 1. The molecule has 102 valence electrons. The number of amides is 1. The third kappa shape index (κ3) is 3.75. The molecule has 2 rings (SSSR count). The van der Waals surface area contributed by atoms with Crippen molar-refractivity contribution in [1.82, 2.24) is 4.90 Å². The van der Waals surface area contributed by atoms with Gasteiger partial charge in [0.15, 0.2) is 0 Å². The molecule has 0 radical (unpaired) electrons. The smallest absolute Gasteiger partial charge is 0.327 e. The summed E-state index contributed by atoms with van der Waals surface area (Å²) >= 11 is 8.72. The molecule has 2 heterocycles. The lowest BCUT2D eigenvalue weighted by molar-refractivity contribution is -0.147. The summed E-state index contributed by atoms with van der Waals surface area (Å²) in [4.78, 5) is 25.4. The number of halogens is 1. The molecular formula is C12H12ClNO3S2. The van der Waals surface area contributed by atoms with Gasteiger partial charge in [0.1, 0.15) is 6.04 Å². The van der Waals surface area contributed by atoms with Crippen LogP contribution in [0.2, 0.25) is 4.34 Å². The van der Waals surface area contributed by atoms with Crippen LogP contribution in [0.3, 0.4) is 0 Å². The van der Waals surface area contributed by atoms with Gasteiger partial charge < -0.3 is 10.0 Å². The summed E-state index contributed by atoms with van der Waals surface area (Å²) in [7, 11) is 0. The van der Waals surface area contributed by atoms with Crippen LogP contribution in [-0.4, -0.2) is 46.0 Å². The van der Waals surface area contributed by atoms with Crippen molar-refractivity contribution < 1.29 is 14.7 Å². The predicted octanol–water partition coefficient (Wildman–Crippen LogP) is 2.44. The van der Waals surface area contributed by atoms with Gasteiger partial charge in [-0.05, 0) is 18.2 Å². The van der Waals surface area contributed by atoms with Crippen molar-refractivity contribution in [3.63, 3.8) is 0 Å². The zero-order valence-corrected chi connectivity index (χ0v) is 12.3. The van der Waals surface area contributed by atoms with Crippen molar-refractivity contribution in [3.05, 3.63) is 27.4 Å². The zero-order chi connectivity index (χ0) is 13.8. The molecule has 0 saturated carbocycles. The van der Waals surface area contributed by atoms with Gasteiger partial charge in [-0.1, -0.05) is 11.6 Å². The zero-order valence-electron chi connectivity index (χ0n) is 9.91. The average Bonchev–Trinajstić information content (AvgIpc) is 2.81. The first-order chi connectivity index (χ1) is 9.08. The summed E-state index contributed by atoms with van der Waals surface area (Å²) in [5, 5.41) is 9.10. The standard InChI is InChI=1S/C12H12ClNO3S2/c13-10-3-1-8(19-10)2-4-11(15)14-5-6-18-7-9(14)12(16)17/h1-4,9H,5-7H2,(H,16,17)/b4-2+. The van der Waals surface area contributed by atoms with Gasteiger partial charge in [-0.2, -0.15) is 11.8 Å². The van der Waals surface area contributed by atoms with Gasteiger partial charge in [0, 0.05) is 29.0 Å². The fourth-order valence-corrected chi connectivity index (χ4v) is 3.74. The summed E-state index contributed by atoms with van der Waals surface area (Å²) in [6.07, 6.45) is 3.08.